The van der Waals surface area contributed by atoms with E-state index in [-0.39, 0.29) is 30.7 Å². The second kappa shape index (κ2) is 11.5. The smallest absolute Gasteiger partial charge is 0.247 e. The standard InChI is InChI=1S/C29H30FN5O3/c1-20-12-14-21(15-13-20)18-34(27(36)19-35-26-11-5-4-10-25(26)32-33-35)28(23-8-2-3-9-24(23)30)29(37)31-17-22-7-6-16-38-22/h2-5,8-15,22,28H,6-7,16-19H2,1H3,(H,31,37)/t22-,28-/m1/s1. The van der Waals surface area contributed by atoms with Crippen LogP contribution in [0.2, 0.25) is 0 Å². The third-order valence-electron chi connectivity index (χ3n) is 6.79. The van der Waals surface area contributed by atoms with E-state index < -0.39 is 17.8 Å². The molecule has 1 N–H and O–H groups in total. The molecule has 0 saturated carbocycles. The SMILES string of the molecule is Cc1ccc(CN(C(=O)Cn2nnc3ccccc32)[C@@H](C(=O)NC[C@H]2CCCO2)c2ccccc2F)cc1. The van der Waals surface area contributed by atoms with Crippen LogP contribution in [0.3, 0.4) is 0 Å². The van der Waals surface area contributed by atoms with Gasteiger partial charge < -0.3 is 15.0 Å². The third kappa shape index (κ3) is 5.73. The van der Waals surface area contributed by atoms with Gasteiger partial charge in [-0.15, -0.1) is 5.10 Å². The zero-order valence-corrected chi connectivity index (χ0v) is 21.2. The molecule has 2 atom stereocenters. The maximum absolute atomic E-state index is 15.2. The van der Waals surface area contributed by atoms with Gasteiger partial charge in [0.15, 0.2) is 0 Å². The summed E-state index contributed by atoms with van der Waals surface area (Å²) in [4.78, 5) is 29.0. The number of rotatable bonds is 9. The Balaban J connectivity index is 1.50. The van der Waals surface area contributed by atoms with Crippen molar-refractivity contribution in [2.75, 3.05) is 13.2 Å². The first-order chi connectivity index (χ1) is 18.5. The van der Waals surface area contributed by atoms with Crippen molar-refractivity contribution in [3.05, 3.63) is 95.3 Å². The first-order valence-corrected chi connectivity index (χ1v) is 12.8. The molecular formula is C29H30FN5O3. The zero-order valence-electron chi connectivity index (χ0n) is 21.2. The Morgan fingerprint density at radius 1 is 1.11 bits per heavy atom. The Morgan fingerprint density at radius 3 is 2.63 bits per heavy atom. The van der Waals surface area contributed by atoms with E-state index in [9.17, 15) is 9.59 Å². The number of fused-ring (bicyclic) bond motifs is 1. The molecule has 3 aromatic carbocycles. The molecule has 5 rings (SSSR count). The lowest BCUT2D eigenvalue weighted by atomic mass is 10.0. The molecule has 38 heavy (non-hydrogen) atoms. The summed E-state index contributed by atoms with van der Waals surface area (Å²) in [7, 11) is 0. The van der Waals surface area contributed by atoms with Gasteiger partial charge >= 0.3 is 0 Å². The van der Waals surface area contributed by atoms with Crippen LogP contribution in [0, 0.1) is 12.7 Å². The molecule has 1 aliphatic rings. The van der Waals surface area contributed by atoms with E-state index in [0.29, 0.717) is 24.2 Å². The Kier molecular flexibility index (Phi) is 7.74. The highest BCUT2D eigenvalue weighted by Crippen LogP contribution is 2.27. The van der Waals surface area contributed by atoms with Gasteiger partial charge in [-0.05, 0) is 43.5 Å². The van der Waals surface area contributed by atoms with Gasteiger partial charge in [-0.2, -0.15) is 0 Å². The molecule has 0 unspecified atom stereocenters. The van der Waals surface area contributed by atoms with Gasteiger partial charge in [0.1, 0.15) is 23.9 Å². The third-order valence-corrected chi connectivity index (χ3v) is 6.79. The summed E-state index contributed by atoms with van der Waals surface area (Å²) in [6, 6.07) is 19.9. The molecule has 2 heterocycles. The zero-order chi connectivity index (χ0) is 26.5. The fourth-order valence-electron chi connectivity index (χ4n) is 4.73. The van der Waals surface area contributed by atoms with Crippen LogP contribution in [-0.4, -0.2) is 51.0 Å². The number of nitrogens with one attached hydrogen (secondary N) is 1. The Hall–Kier alpha value is -4.11. The monoisotopic (exact) mass is 515 g/mol. The molecule has 0 bridgehead atoms. The number of amides is 2. The van der Waals surface area contributed by atoms with Crippen LogP contribution in [0.4, 0.5) is 4.39 Å². The average Bonchev–Trinajstić information content (AvgIpc) is 3.60. The molecule has 0 aliphatic carbocycles. The number of para-hydroxylation sites is 1. The quantitative estimate of drug-likeness (QED) is 0.365. The fraction of sp³-hybridized carbons (Fsp3) is 0.310. The van der Waals surface area contributed by atoms with E-state index >= 15 is 4.39 Å². The molecule has 2 amide bonds. The first kappa shape index (κ1) is 25.5. The number of benzene rings is 3. The van der Waals surface area contributed by atoms with Gasteiger partial charge in [-0.3, -0.25) is 9.59 Å². The summed E-state index contributed by atoms with van der Waals surface area (Å²) in [6.45, 7) is 2.88. The molecule has 8 nitrogen and oxygen atoms in total. The number of ether oxygens (including phenoxy) is 1. The van der Waals surface area contributed by atoms with Crippen molar-refractivity contribution >= 4 is 22.8 Å². The summed E-state index contributed by atoms with van der Waals surface area (Å²) in [5.74, 6) is -1.41. The van der Waals surface area contributed by atoms with Crippen molar-refractivity contribution in [2.24, 2.45) is 0 Å². The van der Waals surface area contributed by atoms with Gasteiger partial charge in [0.2, 0.25) is 11.8 Å². The number of aryl methyl sites for hydroxylation is 1. The van der Waals surface area contributed by atoms with E-state index in [1.807, 2.05) is 55.5 Å². The molecular weight excluding hydrogens is 485 g/mol. The first-order valence-electron chi connectivity index (χ1n) is 12.8. The van der Waals surface area contributed by atoms with Gasteiger partial charge in [-0.1, -0.05) is 65.4 Å². The minimum Gasteiger partial charge on any atom is -0.376 e. The second-order valence-electron chi connectivity index (χ2n) is 9.55. The Bertz CT molecular complexity index is 1420. The molecule has 1 aliphatic heterocycles. The molecule has 0 spiro atoms. The van der Waals surface area contributed by atoms with E-state index in [1.54, 1.807) is 18.2 Å². The molecule has 4 aromatic rings. The minimum atomic E-state index is -1.19. The molecule has 0 radical (unpaired) electrons. The largest absolute Gasteiger partial charge is 0.376 e. The van der Waals surface area contributed by atoms with Gasteiger partial charge in [-0.25, -0.2) is 9.07 Å². The minimum absolute atomic E-state index is 0.0945. The molecule has 1 aromatic heterocycles. The molecule has 1 saturated heterocycles. The van der Waals surface area contributed by atoms with Crippen LogP contribution in [0.5, 0.6) is 0 Å². The van der Waals surface area contributed by atoms with Gasteiger partial charge in [0.25, 0.3) is 0 Å². The van der Waals surface area contributed by atoms with Crippen LogP contribution < -0.4 is 5.32 Å². The van der Waals surface area contributed by atoms with Crippen molar-refractivity contribution in [3.8, 4) is 0 Å². The van der Waals surface area contributed by atoms with Crippen LogP contribution in [0.15, 0.2) is 72.8 Å². The summed E-state index contributed by atoms with van der Waals surface area (Å²) in [5, 5.41) is 11.2. The van der Waals surface area contributed by atoms with Gasteiger partial charge in [0, 0.05) is 25.3 Å². The number of hydrogen-bond donors (Lipinski definition) is 1. The van der Waals surface area contributed by atoms with Crippen LogP contribution in [0.25, 0.3) is 11.0 Å². The summed E-state index contributed by atoms with van der Waals surface area (Å²) < 4.78 is 22.3. The van der Waals surface area contributed by atoms with Gasteiger partial charge in [0.05, 0.1) is 11.6 Å². The van der Waals surface area contributed by atoms with Crippen molar-refractivity contribution in [3.63, 3.8) is 0 Å². The van der Waals surface area contributed by atoms with Crippen LogP contribution in [0.1, 0.15) is 35.6 Å². The van der Waals surface area contributed by atoms with Crippen molar-refractivity contribution in [2.45, 2.75) is 45.0 Å². The molecule has 196 valence electrons. The predicted octanol–water partition coefficient (Wildman–Crippen LogP) is 3.94. The van der Waals surface area contributed by atoms with E-state index in [1.165, 1.54) is 15.6 Å². The number of halogens is 1. The predicted molar refractivity (Wildman–Crippen MR) is 140 cm³/mol. The van der Waals surface area contributed by atoms with Crippen LogP contribution in [-0.2, 0) is 27.4 Å². The highest BCUT2D eigenvalue weighted by molar-refractivity contribution is 5.89. The summed E-state index contributed by atoms with van der Waals surface area (Å²) in [6.07, 6.45) is 1.68. The number of hydrogen-bond acceptors (Lipinski definition) is 5. The number of carbonyl (C=O) groups is 2. The Morgan fingerprint density at radius 2 is 1.87 bits per heavy atom. The highest BCUT2D eigenvalue weighted by Gasteiger charge is 2.34. The topological polar surface area (TPSA) is 89.4 Å². The highest BCUT2D eigenvalue weighted by atomic mass is 19.1. The normalized spacial score (nSPS) is 15.9. The molecule has 1 fully saturated rings. The number of nitrogens with zero attached hydrogens (tertiary/aromatic N) is 4. The summed E-state index contributed by atoms with van der Waals surface area (Å²) >= 11 is 0. The molecule has 9 heteroatoms. The summed E-state index contributed by atoms with van der Waals surface area (Å²) in [5.41, 5.74) is 3.37. The lowest BCUT2D eigenvalue weighted by Gasteiger charge is -2.32. The average molecular weight is 516 g/mol. The maximum Gasteiger partial charge on any atom is 0.247 e. The number of carbonyl (C=O) groups excluding carboxylic acids is 2. The Labute approximate surface area is 220 Å². The van der Waals surface area contributed by atoms with E-state index in [0.717, 1.165) is 24.0 Å². The van der Waals surface area contributed by atoms with E-state index in [2.05, 4.69) is 15.6 Å². The van der Waals surface area contributed by atoms with Crippen LogP contribution >= 0.6 is 0 Å². The lowest BCUT2D eigenvalue weighted by molar-refractivity contribution is -0.142. The van der Waals surface area contributed by atoms with Crippen molar-refractivity contribution in [1.29, 1.82) is 0 Å². The van der Waals surface area contributed by atoms with E-state index in [4.69, 9.17) is 4.74 Å². The lowest BCUT2D eigenvalue weighted by Crippen LogP contribution is -2.46. The second-order valence-corrected chi connectivity index (χ2v) is 9.55. The maximum atomic E-state index is 15.2. The van der Waals surface area contributed by atoms with Crippen molar-refractivity contribution < 1.29 is 18.7 Å². The van der Waals surface area contributed by atoms with Crippen molar-refractivity contribution in [1.82, 2.24) is 25.2 Å². The number of aromatic nitrogens is 3. The fourth-order valence-corrected chi connectivity index (χ4v) is 4.73.